The van der Waals surface area contributed by atoms with Gasteiger partial charge < -0.3 is 30.4 Å². The van der Waals surface area contributed by atoms with Gasteiger partial charge in [0.05, 0.1) is 37.7 Å². The van der Waals surface area contributed by atoms with E-state index < -0.39 is 18.1 Å². The molecule has 0 aliphatic heterocycles. The third kappa shape index (κ3) is 7.44. The molecule has 0 fully saturated rings. The second-order valence-electron chi connectivity index (χ2n) is 6.39. The summed E-state index contributed by atoms with van der Waals surface area (Å²) in [5.74, 6) is -1.74. The van der Waals surface area contributed by atoms with Crippen LogP contribution in [0.25, 0.3) is 11.3 Å². The standard InChI is InChI=1S/C18H20N6O3.C2HF3O2/c1-26-14-4-2-5-15(27-9-3-6-19)17(14)12-10-16(24-23-12)22-18(25)13-11-20-7-8-21-13;3-2(4,5)1(6)7/h2,4-5,7-8,10-11H,3,6,9,19H2,1H3,(H2,22,23,24,25);(H,6,7). The van der Waals surface area contributed by atoms with Gasteiger partial charge in [-0.1, -0.05) is 6.07 Å². The number of rotatable bonds is 8. The van der Waals surface area contributed by atoms with Crippen molar-refractivity contribution >= 4 is 17.7 Å². The normalized spacial score (nSPS) is 10.6. The van der Waals surface area contributed by atoms with Gasteiger partial charge in [0.1, 0.15) is 23.2 Å². The maximum Gasteiger partial charge on any atom is 0.430 e. The Morgan fingerprint density at radius 3 is 2.53 bits per heavy atom. The lowest BCUT2D eigenvalue weighted by atomic mass is 10.1. The smallest absolute Gasteiger partial charge is 0.430 e. The number of H-pyrrole nitrogens is 1. The van der Waals surface area contributed by atoms with Crippen molar-refractivity contribution in [2.75, 3.05) is 25.6 Å². The van der Waals surface area contributed by atoms with Gasteiger partial charge in [-0.3, -0.25) is 14.9 Å². The number of nitrogens with one attached hydrogen (secondary N) is 2. The van der Waals surface area contributed by atoms with E-state index >= 15 is 0 Å². The molecule has 3 aromatic rings. The zero-order valence-electron chi connectivity index (χ0n) is 17.9. The molecule has 0 bridgehead atoms. The molecule has 1 amide bonds. The van der Waals surface area contributed by atoms with Crippen LogP contribution < -0.4 is 25.6 Å². The second-order valence-corrected chi connectivity index (χ2v) is 6.39. The van der Waals surface area contributed by atoms with Gasteiger partial charge in [0.15, 0.2) is 5.82 Å². The number of hydrogen-bond acceptors (Lipinski definition) is 8. The van der Waals surface area contributed by atoms with Gasteiger partial charge in [-0.15, -0.1) is 0 Å². The highest BCUT2D eigenvalue weighted by molar-refractivity contribution is 6.02. The number of hydrogen-bond donors (Lipinski definition) is 3. The van der Waals surface area contributed by atoms with Gasteiger partial charge >= 0.3 is 6.18 Å². The number of carboxylic acids is 1. The topological polar surface area (TPSA) is 170 Å². The number of quaternary nitrogens is 1. The lowest BCUT2D eigenvalue weighted by Gasteiger charge is -2.13. The van der Waals surface area contributed by atoms with E-state index in [0.717, 1.165) is 18.5 Å². The summed E-state index contributed by atoms with van der Waals surface area (Å²) in [5.41, 5.74) is 5.41. The molecule has 0 radical (unpaired) electrons. The Bertz CT molecular complexity index is 1090. The Kier molecular flexibility index (Phi) is 9.31. The molecular formula is C20H21F3N6O5. The van der Waals surface area contributed by atoms with Crippen molar-refractivity contribution in [3.63, 3.8) is 0 Å². The van der Waals surface area contributed by atoms with Gasteiger partial charge in [0, 0.05) is 24.9 Å². The number of methoxy groups -OCH3 is 1. The van der Waals surface area contributed by atoms with Crippen LogP contribution in [0.15, 0.2) is 42.9 Å². The molecule has 2 heterocycles. The Morgan fingerprint density at radius 2 is 1.94 bits per heavy atom. The summed E-state index contributed by atoms with van der Waals surface area (Å²) >= 11 is 0. The lowest BCUT2D eigenvalue weighted by molar-refractivity contribution is -0.368. The quantitative estimate of drug-likeness (QED) is 0.388. The van der Waals surface area contributed by atoms with Crippen molar-refractivity contribution in [2.24, 2.45) is 0 Å². The van der Waals surface area contributed by atoms with Crippen LogP contribution in [0, 0.1) is 0 Å². The number of aliphatic carboxylic acids is 1. The van der Waals surface area contributed by atoms with Gasteiger partial charge in [0.2, 0.25) is 0 Å². The summed E-state index contributed by atoms with van der Waals surface area (Å²) in [5, 5.41) is 18.5. The minimum absolute atomic E-state index is 0.205. The third-order valence-corrected chi connectivity index (χ3v) is 3.98. The average molecular weight is 482 g/mol. The number of amides is 1. The summed E-state index contributed by atoms with van der Waals surface area (Å²) in [6.45, 7) is 1.34. The first-order valence-electron chi connectivity index (χ1n) is 9.67. The van der Waals surface area contributed by atoms with Crippen molar-refractivity contribution in [1.29, 1.82) is 0 Å². The van der Waals surface area contributed by atoms with Gasteiger partial charge in [-0.2, -0.15) is 18.3 Å². The molecule has 0 aliphatic carbocycles. The van der Waals surface area contributed by atoms with Crippen LogP contribution in [0.5, 0.6) is 11.5 Å². The highest BCUT2D eigenvalue weighted by Gasteiger charge is 2.28. The Morgan fingerprint density at radius 1 is 1.24 bits per heavy atom. The van der Waals surface area contributed by atoms with Gasteiger partial charge in [-0.05, 0) is 12.1 Å². The van der Waals surface area contributed by atoms with E-state index in [1.54, 1.807) is 13.2 Å². The Labute approximate surface area is 191 Å². The number of carbonyl (C=O) groups excluding carboxylic acids is 2. The summed E-state index contributed by atoms with van der Waals surface area (Å²) in [7, 11) is 1.59. The minimum Gasteiger partial charge on any atom is -0.542 e. The van der Waals surface area contributed by atoms with Gasteiger partial charge in [0.25, 0.3) is 5.91 Å². The largest absolute Gasteiger partial charge is 0.542 e. The Hall–Kier alpha value is -4.20. The molecule has 11 nitrogen and oxygen atoms in total. The number of ether oxygens (including phenoxy) is 2. The molecule has 14 heteroatoms. The molecule has 1 aromatic carbocycles. The highest BCUT2D eigenvalue weighted by atomic mass is 19.4. The maximum absolute atomic E-state index is 12.2. The number of anilines is 1. The fourth-order valence-corrected chi connectivity index (χ4v) is 2.46. The van der Waals surface area contributed by atoms with Crippen LogP contribution in [0.4, 0.5) is 19.0 Å². The van der Waals surface area contributed by atoms with Crippen molar-refractivity contribution in [3.05, 3.63) is 48.5 Å². The molecule has 5 N–H and O–H groups in total. The van der Waals surface area contributed by atoms with E-state index in [-0.39, 0.29) is 5.69 Å². The van der Waals surface area contributed by atoms with Crippen LogP contribution in [0.1, 0.15) is 16.9 Å². The number of nitrogens with zero attached hydrogens (tertiary/aromatic N) is 3. The summed E-state index contributed by atoms with van der Waals surface area (Å²) in [6, 6.07) is 7.26. The molecule has 182 valence electrons. The second kappa shape index (κ2) is 12.2. The number of carbonyl (C=O) groups is 2. The molecule has 0 aliphatic rings. The monoisotopic (exact) mass is 482 g/mol. The van der Waals surface area contributed by atoms with E-state index in [1.807, 2.05) is 18.2 Å². The molecule has 0 unspecified atom stereocenters. The maximum atomic E-state index is 12.2. The van der Waals surface area contributed by atoms with E-state index in [0.29, 0.717) is 29.6 Å². The zero-order chi connectivity index (χ0) is 25.1. The first-order valence-corrected chi connectivity index (χ1v) is 9.67. The number of alkyl halides is 3. The molecule has 0 atom stereocenters. The van der Waals surface area contributed by atoms with Crippen LogP contribution in [0.2, 0.25) is 0 Å². The molecule has 3 rings (SSSR count). The van der Waals surface area contributed by atoms with Crippen molar-refractivity contribution < 1.29 is 43.1 Å². The number of benzene rings is 1. The zero-order valence-corrected chi connectivity index (χ0v) is 17.9. The van der Waals surface area contributed by atoms with Crippen molar-refractivity contribution in [1.82, 2.24) is 20.2 Å². The highest BCUT2D eigenvalue weighted by Crippen LogP contribution is 2.38. The van der Waals surface area contributed by atoms with Crippen LogP contribution in [-0.4, -0.2) is 58.5 Å². The summed E-state index contributed by atoms with van der Waals surface area (Å²) < 4.78 is 42.9. The average Bonchev–Trinajstić information content (AvgIpc) is 3.27. The number of aromatic amines is 1. The Balaban J connectivity index is 0.000000509. The predicted octanol–water partition coefficient (Wildman–Crippen LogP) is 0.437. The van der Waals surface area contributed by atoms with Crippen LogP contribution in [-0.2, 0) is 4.79 Å². The fraction of sp³-hybridized carbons (Fsp3) is 0.250. The summed E-state index contributed by atoms with van der Waals surface area (Å²) in [4.78, 5) is 28.8. The molecule has 2 aromatic heterocycles. The fourth-order valence-electron chi connectivity index (χ4n) is 2.46. The molecule has 34 heavy (non-hydrogen) atoms. The predicted molar refractivity (Wildman–Crippen MR) is 109 cm³/mol. The first-order chi connectivity index (χ1) is 16.2. The van der Waals surface area contributed by atoms with Gasteiger partial charge in [-0.25, -0.2) is 4.98 Å². The SMILES string of the molecule is COc1cccc(OCCC[NH3+])c1-c1cc(NC(=O)c2cnccn2)n[nH]1.O=C([O-])C(F)(F)F. The van der Waals surface area contributed by atoms with Crippen molar-refractivity contribution in [2.45, 2.75) is 12.6 Å². The number of aromatic nitrogens is 4. The first kappa shape index (κ1) is 26.1. The molecule has 0 saturated heterocycles. The van der Waals surface area contributed by atoms with E-state index in [9.17, 15) is 18.0 Å². The number of halogens is 3. The van der Waals surface area contributed by atoms with Crippen LogP contribution in [0.3, 0.4) is 0 Å². The molecule has 0 spiro atoms. The van der Waals surface area contributed by atoms with E-state index in [1.165, 1.54) is 18.6 Å². The van der Waals surface area contributed by atoms with E-state index in [4.69, 9.17) is 19.4 Å². The van der Waals surface area contributed by atoms with E-state index in [2.05, 4.69) is 31.2 Å². The van der Waals surface area contributed by atoms with Crippen molar-refractivity contribution in [3.8, 4) is 22.8 Å². The third-order valence-electron chi connectivity index (χ3n) is 3.98. The number of carboxylic acid groups (broad SMARTS) is 1. The molecule has 0 saturated carbocycles. The lowest BCUT2D eigenvalue weighted by Crippen LogP contribution is -2.50. The molecular weight excluding hydrogens is 461 g/mol. The summed E-state index contributed by atoms with van der Waals surface area (Å²) in [6.07, 6.45) is -0.00684. The van der Waals surface area contributed by atoms with Crippen LogP contribution >= 0.6 is 0 Å². The minimum atomic E-state index is -5.19.